The van der Waals surface area contributed by atoms with Gasteiger partial charge in [0.25, 0.3) is 5.91 Å². The quantitative estimate of drug-likeness (QED) is 0.738. The molecule has 2 N–H and O–H groups in total. The number of carboxylic acids is 1. The number of carbonyl (C=O) groups is 2. The molecular formula is C13H17Br2NO3S. The second-order valence-corrected chi connectivity index (χ2v) is 8.99. The van der Waals surface area contributed by atoms with Gasteiger partial charge in [-0.15, -0.1) is 11.3 Å². The van der Waals surface area contributed by atoms with Gasteiger partial charge in [0, 0.05) is 10.5 Å². The SMILES string of the molecule is CC(C)(C)CC(CC(=O)O)NC(=O)c1cc(Br)c(Br)s1. The molecule has 20 heavy (non-hydrogen) atoms. The fraction of sp³-hybridized carbons (Fsp3) is 0.538. The first-order valence-corrected chi connectivity index (χ1v) is 8.46. The van der Waals surface area contributed by atoms with E-state index < -0.39 is 5.97 Å². The van der Waals surface area contributed by atoms with Crippen molar-refractivity contribution in [2.75, 3.05) is 0 Å². The van der Waals surface area contributed by atoms with E-state index in [0.717, 1.165) is 8.26 Å². The molecule has 4 nitrogen and oxygen atoms in total. The van der Waals surface area contributed by atoms with Gasteiger partial charge in [-0.2, -0.15) is 0 Å². The van der Waals surface area contributed by atoms with Crippen molar-refractivity contribution < 1.29 is 14.7 Å². The summed E-state index contributed by atoms with van der Waals surface area (Å²) in [6.45, 7) is 6.06. The van der Waals surface area contributed by atoms with Crippen LogP contribution >= 0.6 is 43.2 Å². The third kappa shape index (κ3) is 5.93. The summed E-state index contributed by atoms with van der Waals surface area (Å²) in [6, 6.07) is 1.35. The number of hydrogen-bond donors (Lipinski definition) is 2. The summed E-state index contributed by atoms with van der Waals surface area (Å²) in [5.41, 5.74) is -0.0516. The van der Waals surface area contributed by atoms with Gasteiger partial charge < -0.3 is 10.4 Å². The molecule has 0 fully saturated rings. The summed E-state index contributed by atoms with van der Waals surface area (Å²) < 4.78 is 1.66. The van der Waals surface area contributed by atoms with E-state index in [1.54, 1.807) is 6.07 Å². The summed E-state index contributed by atoms with van der Waals surface area (Å²) in [5, 5.41) is 11.8. The Bertz CT molecular complexity index is 489. The predicted molar refractivity (Wildman–Crippen MR) is 87.3 cm³/mol. The molecule has 0 aliphatic heterocycles. The third-order valence-electron chi connectivity index (χ3n) is 2.48. The topological polar surface area (TPSA) is 66.4 Å². The van der Waals surface area contributed by atoms with Crippen molar-refractivity contribution in [3.05, 3.63) is 19.2 Å². The second kappa shape index (κ2) is 7.04. The molecule has 0 aliphatic carbocycles. The molecule has 0 bridgehead atoms. The van der Waals surface area contributed by atoms with E-state index in [1.165, 1.54) is 11.3 Å². The zero-order valence-electron chi connectivity index (χ0n) is 11.5. The van der Waals surface area contributed by atoms with Crippen LogP contribution in [0.3, 0.4) is 0 Å². The van der Waals surface area contributed by atoms with Gasteiger partial charge in [-0.3, -0.25) is 9.59 Å². The number of halogens is 2. The third-order valence-corrected chi connectivity index (χ3v) is 5.74. The fourth-order valence-electron chi connectivity index (χ4n) is 1.84. The first-order valence-electron chi connectivity index (χ1n) is 6.06. The highest BCUT2D eigenvalue weighted by Crippen LogP contribution is 2.32. The Morgan fingerprint density at radius 3 is 2.40 bits per heavy atom. The summed E-state index contributed by atoms with van der Waals surface area (Å²) in [7, 11) is 0. The molecule has 0 saturated heterocycles. The van der Waals surface area contributed by atoms with Gasteiger partial charge in [0.2, 0.25) is 0 Å². The van der Waals surface area contributed by atoms with Crippen LogP contribution in [0.4, 0.5) is 0 Å². The predicted octanol–water partition coefficient (Wildman–Crippen LogP) is 4.28. The maximum atomic E-state index is 12.2. The monoisotopic (exact) mass is 425 g/mol. The first kappa shape index (κ1) is 17.7. The van der Waals surface area contributed by atoms with Gasteiger partial charge in [-0.1, -0.05) is 20.8 Å². The molecule has 1 rings (SSSR count). The van der Waals surface area contributed by atoms with Crippen molar-refractivity contribution in [1.29, 1.82) is 0 Å². The molecule has 0 aromatic carbocycles. The van der Waals surface area contributed by atoms with Crippen LogP contribution in [0.25, 0.3) is 0 Å². The van der Waals surface area contributed by atoms with Crippen molar-refractivity contribution in [3.8, 4) is 0 Å². The molecule has 1 atom stereocenters. The number of hydrogen-bond acceptors (Lipinski definition) is 3. The minimum atomic E-state index is -0.909. The number of nitrogens with one attached hydrogen (secondary N) is 1. The van der Waals surface area contributed by atoms with Crippen LogP contribution in [0.15, 0.2) is 14.3 Å². The van der Waals surface area contributed by atoms with E-state index >= 15 is 0 Å². The van der Waals surface area contributed by atoms with E-state index in [-0.39, 0.29) is 23.8 Å². The Morgan fingerprint density at radius 1 is 1.40 bits per heavy atom. The fourth-order valence-corrected chi connectivity index (χ4v) is 3.78. The van der Waals surface area contributed by atoms with E-state index in [4.69, 9.17) is 5.11 Å². The molecule has 7 heteroatoms. The summed E-state index contributed by atoms with van der Waals surface area (Å²) in [6.07, 6.45) is 0.537. The number of rotatable bonds is 5. The number of aliphatic carboxylic acids is 1. The zero-order chi connectivity index (χ0) is 15.5. The Morgan fingerprint density at radius 2 is 2.00 bits per heavy atom. The minimum Gasteiger partial charge on any atom is -0.481 e. The van der Waals surface area contributed by atoms with Crippen molar-refractivity contribution in [2.45, 2.75) is 39.7 Å². The second-order valence-electron chi connectivity index (χ2n) is 5.77. The average molecular weight is 427 g/mol. The van der Waals surface area contributed by atoms with Crippen LogP contribution < -0.4 is 5.32 Å². The molecule has 1 amide bonds. The normalized spacial score (nSPS) is 13.1. The van der Waals surface area contributed by atoms with Gasteiger partial charge in [-0.25, -0.2) is 0 Å². The molecular weight excluding hydrogens is 410 g/mol. The van der Waals surface area contributed by atoms with Crippen molar-refractivity contribution in [3.63, 3.8) is 0 Å². The lowest BCUT2D eigenvalue weighted by Crippen LogP contribution is -2.38. The van der Waals surface area contributed by atoms with E-state index in [9.17, 15) is 9.59 Å². The van der Waals surface area contributed by atoms with Crippen molar-refractivity contribution in [2.24, 2.45) is 5.41 Å². The zero-order valence-corrected chi connectivity index (χ0v) is 15.5. The standard InChI is InChI=1S/C13H17Br2NO3S/c1-13(2,3)6-7(4-10(17)18)16-12(19)9-5-8(14)11(15)20-9/h5,7H,4,6H2,1-3H3,(H,16,19)(H,17,18). The van der Waals surface area contributed by atoms with Gasteiger partial charge in [-0.05, 0) is 49.8 Å². The highest BCUT2D eigenvalue weighted by atomic mass is 79.9. The van der Waals surface area contributed by atoms with Crippen molar-refractivity contribution in [1.82, 2.24) is 5.32 Å². The number of thiophene rings is 1. The van der Waals surface area contributed by atoms with Crippen LogP contribution in [0.2, 0.25) is 0 Å². The Labute approximate surface area is 139 Å². The lowest BCUT2D eigenvalue weighted by atomic mass is 9.87. The molecule has 112 valence electrons. The smallest absolute Gasteiger partial charge is 0.305 e. The molecule has 0 aliphatic rings. The van der Waals surface area contributed by atoms with Gasteiger partial charge in [0.1, 0.15) is 0 Å². The largest absolute Gasteiger partial charge is 0.481 e. The van der Waals surface area contributed by atoms with Crippen LogP contribution in [0.5, 0.6) is 0 Å². The summed E-state index contributed by atoms with van der Waals surface area (Å²) >= 11 is 7.98. The maximum Gasteiger partial charge on any atom is 0.305 e. The summed E-state index contributed by atoms with van der Waals surface area (Å²) in [5.74, 6) is -1.15. The molecule has 1 aromatic heterocycles. The average Bonchev–Trinajstić information content (AvgIpc) is 2.55. The molecule has 1 heterocycles. The summed E-state index contributed by atoms with van der Waals surface area (Å²) in [4.78, 5) is 23.6. The van der Waals surface area contributed by atoms with Crippen LogP contribution in [0, 0.1) is 5.41 Å². The van der Waals surface area contributed by atoms with Gasteiger partial charge in [0.15, 0.2) is 0 Å². The Hall–Kier alpha value is -0.400. The molecule has 1 unspecified atom stereocenters. The van der Waals surface area contributed by atoms with Crippen LogP contribution in [-0.4, -0.2) is 23.0 Å². The maximum absolute atomic E-state index is 12.2. The van der Waals surface area contributed by atoms with Gasteiger partial charge >= 0.3 is 5.97 Å². The highest BCUT2D eigenvalue weighted by molar-refractivity contribution is 9.13. The number of carbonyl (C=O) groups excluding carboxylic acids is 1. The number of carboxylic acid groups (broad SMARTS) is 1. The van der Waals surface area contributed by atoms with E-state index in [2.05, 4.69) is 37.2 Å². The number of amides is 1. The Balaban J connectivity index is 2.78. The Kier molecular flexibility index (Phi) is 6.22. The van der Waals surface area contributed by atoms with E-state index in [1.807, 2.05) is 20.8 Å². The van der Waals surface area contributed by atoms with Crippen LogP contribution in [0.1, 0.15) is 43.3 Å². The molecule has 0 radical (unpaired) electrons. The minimum absolute atomic E-state index is 0.0516. The van der Waals surface area contributed by atoms with Crippen LogP contribution in [-0.2, 0) is 4.79 Å². The highest BCUT2D eigenvalue weighted by Gasteiger charge is 2.24. The van der Waals surface area contributed by atoms with Crippen molar-refractivity contribution >= 4 is 55.1 Å². The molecule has 0 saturated carbocycles. The molecule has 1 aromatic rings. The lowest BCUT2D eigenvalue weighted by Gasteiger charge is -2.25. The molecule has 0 spiro atoms. The van der Waals surface area contributed by atoms with Gasteiger partial charge in [0.05, 0.1) is 15.1 Å². The lowest BCUT2D eigenvalue weighted by molar-refractivity contribution is -0.137. The van der Waals surface area contributed by atoms with E-state index in [0.29, 0.717) is 11.3 Å². The first-order chi connectivity index (χ1) is 9.08.